The zero-order valence-electron chi connectivity index (χ0n) is 12.5. The number of hydrogen-bond donors (Lipinski definition) is 0. The number of likely N-dealkylation sites (tertiary alicyclic amines) is 1. The molecule has 1 unspecified atom stereocenters. The van der Waals surface area contributed by atoms with Crippen LogP contribution in [-0.2, 0) is 17.6 Å². The van der Waals surface area contributed by atoms with Crippen LogP contribution in [0.25, 0.3) is 0 Å². The second-order valence-corrected chi connectivity index (χ2v) is 7.04. The summed E-state index contributed by atoms with van der Waals surface area (Å²) in [6, 6.07) is 5.45. The van der Waals surface area contributed by atoms with E-state index in [0.717, 1.165) is 54.7 Å². The van der Waals surface area contributed by atoms with Gasteiger partial charge in [-0.25, -0.2) is 0 Å². The van der Waals surface area contributed by atoms with Gasteiger partial charge in [-0.05, 0) is 59.6 Å². The molecule has 1 fully saturated rings. The van der Waals surface area contributed by atoms with Gasteiger partial charge in [-0.1, -0.05) is 17.3 Å². The minimum Gasteiger partial charge on any atom is -0.391 e. The lowest BCUT2D eigenvalue weighted by Gasteiger charge is -2.33. The van der Waals surface area contributed by atoms with Crippen LogP contribution in [0.5, 0.6) is 0 Å². The highest BCUT2D eigenvalue weighted by Gasteiger charge is 2.32. The van der Waals surface area contributed by atoms with E-state index < -0.39 is 11.7 Å². The normalized spacial score (nSPS) is 23.7. The van der Waals surface area contributed by atoms with Crippen molar-refractivity contribution in [3.63, 3.8) is 0 Å². The first-order valence-electron chi connectivity index (χ1n) is 7.68. The standard InChI is InChI=1S/C16H18BrF3N2O/c17-15-9-14(23-21-15)12-5-7-22(8-6-12)10-11-1-3-13(4-2-11)16(18,19)20/h1-4,12,14H,5-10H2. The largest absolute Gasteiger partial charge is 0.416 e. The molecule has 2 aliphatic heterocycles. The van der Waals surface area contributed by atoms with Gasteiger partial charge in [0.25, 0.3) is 0 Å². The van der Waals surface area contributed by atoms with Gasteiger partial charge in [0.2, 0.25) is 0 Å². The van der Waals surface area contributed by atoms with E-state index in [1.807, 2.05) is 0 Å². The predicted octanol–water partition coefficient (Wildman–Crippen LogP) is 4.41. The fourth-order valence-electron chi connectivity index (χ4n) is 3.16. The Balaban J connectivity index is 1.49. The smallest absolute Gasteiger partial charge is 0.391 e. The Morgan fingerprint density at radius 1 is 1.17 bits per heavy atom. The maximum Gasteiger partial charge on any atom is 0.416 e. The molecule has 0 amide bonds. The van der Waals surface area contributed by atoms with Crippen molar-refractivity contribution in [1.82, 2.24) is 4.90 Å². The van der Waals surface area contributed by atoms with E-state index in [-0.39, 0.29) is 6.10 Å². The molecule has 0 aliphatic carbocycles. The lowest BCUT2D eigenvalue weighted by atomic mass is 9.90. The van der Waals surface area contributed by atoms with Crippen molar-refractivity contribution >= 4 is 20.6 Å². The first kappa shape index (κ1) is 16.8. The van der Waals surface area contributed by atoms with Gasteiger partial charge in [-0.3, -0.25) is 4.90 Å². The molecule has 126 valence electrons. The summed E-state index contributed by atoms with van der Waals surface area (Å²) in [5.74, 6) is 0.498. The lowest BCUT2D eigenvalue weighted by molar-refractivity contribution is -0.137. The number of nitrogens with zero attached hydrogens (tertiary/aromatic N) is 2. The maximum absolute atomic E-state index is 12.6. The molecule has 1 aromatic carbocycles. The van der Waals surface area contributed by atoms with Crippen molar-refractivity contribution in [2.45, 2.75) is 38.1 Å². The number of halogens is 4. The molecule has 1 saturated heterocycles. The van der Waals surface area contributed by atoms with Crippen molar-refractivity contribution in [2.75, 3.05) is 13.1 Å². The fourth-order valence-corrected chi connectivity index (χ4v) is 3.56. The predicted molar refractivity (Wildman–Crippen MR) is 85.3 cm³/mol. The van der Waals surface area contributed by atoms with Gasteiger partial charge in [0.05, 0.1) is 5.56 Å². The number of piperidine rings is 1. The van der Waals surface area contributed by atoms with Gasteiger partial charge < -0.3 is 4.84 Å². The highest BCUT2D eigenvalue weighted by atomic mass is 79.9. The van der Waals surface area contributed by atoms with Crippen LogP contribution in [0.4, 0.5) is 13.2 Å². The van der Waals surface area contributed by atoms with E-state index in [0.29, 0.717) is 12.5 Å². The summed E-state index contributed by atoms with van der Waals surface area (Å²) in [5, 5.41) is 3.94. The lowest BCUT2D eigenvalue weighted by Crippen LogP contribution is -2.37. The van der Waals surface area contributed by atoms with Gasteiger partial charge in [0, 0.05) is 18.9 Å². The Labute approximate surface area is 141 Å². The zero-order valence-corrected chi connectivity index (χ0v) is 14.1. The Morgan fingerprint density at radius 2 is 1.83 bits per heavy atom. The highest BCUT2D eigenvalue weighted by molar-refractivity contribution is 9.18. The van der Waals surface area contributed by atoms with Crippen LogP contribution in [0, 0.1) is 5.92 Å². The van der Waals surface area contributed by atoms with Crippen LogP contribution in [0.15, 0.2) is 29.4 Å². The van der Waals surface area contributed by atoms with Crippen molar-refractivity contribution in [3.8, 4) is 0 Å². The number of oxime groups is 1. The quantitative estimate of drug-likeness (QED) is 0.763. The monoisotopic (exact) mass is 390 g/mol. The molecule has 3 rings (SSSR count). The van der Waals surface area contributed by atoms with Crippen LogP contribution in [0.3, 0.4) is 0 Å². The van der Waals surface area contributed by atoms with Gasteiger partial charge in [-0.2, -0.15) is 13.2 Å². The molecule has 1 aromatic rings. The minimum atomic E-state index is -4.27. The van der Waals surface area contributed by atoms with Crippen LogP contribution < -0.4 is 0 Å². The van der Waals surface area contributed by atoms with Crippen LogP contribution in [-0.4, -0.2) is 28.7 Å². The first-order valence-corrected chi connectivity index (χ1v) is 8.48. The second kappa shape index (κ2) is 6.81. The van der Waals surface area contributed by atoms with E-state index >= 15 is 0 Å². The van der Waals surface area contributed by atoms with E-state index in [2.05, 4.69) is 26.0 Å². The summed E-state index contributed by atoms with van der Waals surface area (Å²) in [4.78, 5) is 7.70. The molecule has 0 saturated carbocycles. The summed E-state index contributed by atoms with van der Waals surface area (Å²) < 4.78 is 38.6. The first-order chi connectivity index (χ1) is 10.9. The third-order valence-electron chi connectivity index (χ3n) is 4.50. The molecule has 0 spiro atoms. The summed E-state index contributed by atoms with van der Waals surface area (Å²) in [5.41, 5.74) is 0.323. The van der Waals surface area contributed by atoms with Crippen molar-refractivity contribution < 1.29 is 18.0 Å². The second-order valence-electron chi connectivity index (χ2n) is 6.12. The van der Waals surface area contributed by atoms with Gasteiger partial charge in [0.15, 0.2) is 0 Å². The molecule has 2 heterocycles. The Kier molecular flexibility index (Phi) is 4.96. The van der Waals surface area contributed by atoms with Crippen LogP contribution in [0.1, 0.15) is 30.4 Å². The van der Waals surface area contributed by atoms with Gasteiger partial charge in [-0.15, -0.1) is 0 Å². The van der Waals surface area contributed by atoms with Crippen LogP contribution >= 0.6 is 15.9 Å². The fraction of sp³-hybridized carbons (Fsp3) is 0.562. The van der Waals surface area contributed by atoms with Gasteiger partial charge >= 0.3 is 6.18 Å². The number of benzene rings is 1. The molecule has 3 nitrogen and oxygen atoms in total. The Hall–Kier alpha value is -1.08. The summed E-state index contributed by atoms with van der Waals surface area (Å²) in [6.45, 7) is 2.56. The maximum atomic E-state index is 12.6. The summed E-state index contributed by atoms with van der Waals surface area (Å²) in [7, 11) is 0. The highest BCUT2D eigenvalue weighted by Crippen LogP contribution is 2.31. The van der Waals surface area contributed by atoms with E-state index in [4.69, 9.17) is 4.84 Å². The molecule has 2 aliphatic rings. The molecule has 0 N–H and O–H groups in total. The summed E-state index contributed by atoms with van der Waals surface area (Å²) >= 11 is 3.36. The number of alkyl halides is 3. The molecular weight excluding hydrogens is 373 g/mol. The van der Waals surface area contributed by atoms with Crippen LogP contribution in [0.2, 0.25) is 0 Å². The van der Waals surface area contributed by atoms with Crippen molar-refractivity contribution in [3.05, 3.63) is 35.4 Å². The molecule has 23 heavy (non-hydrogen) atoms. The molecule has 0 radical (unpaired) electrons. The minimum absolute atomic E-state index is 0.164. The van der Waals surface area contributed by atoms with Gasteiger partial charge in [0.1, 0.15) is 10.7 Å². The summed E-state index contributed by atoms with van der Waals surface area (Å²) in [6.07, 6.45) is -1.21. The van der Waals surface area contributed by atoms with E-state index in [1.54, 1.807) is 12.1 Å². The number of rotatable bonds is 3. The third kappa shape index (κ3) is 4.26. The third-order valence-corrected chi connectivity index (χ3v) is 4.97. The molecule has 0 bridgehead atoms. The topological polar surface area (TPSA) is 24.8 Å². The van der Waals surface area contributed by atoms with E-state index in [9.17, 15) is 13.2 Å². The SMILES string of the molecule is FC(F)(F)c1ccc(CN2CCC(C3CC(Br)=NO3)CC2)cc1. The average molecular weight is 391 g/mol. The molecular formula is C16H18BrF3N2O. The number of hydrogen-bond acceptors (Lipinski definition) is 3. The molecule has 0 aromatic heterocycles. The van der Waals surface area contributed by atoms with Crippen molar-refractivity contribution in [1.29, 1.82) is 0 Å². The van der Waals surface area contributed by atoms with Crippen molar-refractivity contribution in [2.24, 2.45) is 11.1 Å². The zero-order chi connectivity index (χ0) is 16.4. The average Bonchev–Trinajstić information content (AvgIpc) is 2.94. The Morgan fingerprint density at radius 3 is 2.35 bits per heavy atom. The van der Waals surface area contributed by atoms with E-state index in [1.165, 1.54) is 0 Å². The Bertz CT molecular complexity index is 566. The molecule has 1 atom stereocenters. The molecule has 7 heteroatoms.